The second-order valence-electron chi connectivity index (χ2n) is 5.07. The highest BCUT2D eigenvalue weighted by molar-refractivity contribution is 5.37. The lowest BCUT2D eigenvalue weighted by atomic mass is 10.1. The van der Waals surface area contributed by atoms with Gasteiger partial charge in [-0.2, -0.15) is 0 Å². The van der Waals surface area contributed by atoms with Gasteiger partial charge in [0.2, 0.25) is 0 Å². The van der Waals surface area contributed by atoms with Crippen molar-refractivity contribution in [2.24, 2.45) is 0 Å². The van der Waals surface area contributed by atoms with Crippen molar-refractivity contribution in [3.8, 4) is 5.75 Å². The van der Waals surface area contributed by atoms with Gasteiger partial charge in [-0.1, -0.05) is 6.07 Å². The second kappa shape index (κ2) is 9.73. The van der Waals surface area contributed by atoms with E-state index in [1.165, 1.54) is 0 Å². The molecule has 0 aliphatic rings. The Morgan fingerprint density at radius 2 is 1.95 bits per heavy atom. The first-order chi connectivity index (χ1) is 10.2. The summed E-state index contributed by atoms with van der Waals surface area (Å²) >= 11 is 0. The number of hydrogen-bond acceptors (Lipinski definition) is 5. The fourth-order valence-electron chi connectivity index (χ4n) is 2.28. The molecule has 0 heterocycles. The molecule has 1 atom stereocenters. The third-order valence-corrected chi connectivity index (χ3v) is 3.51. The van der Waals surface area contributed by atoms with Crippen molar-refractivity contribution in [2.75, 3.05) is 41.1 Å². The van der Waals surface area contributed by atoms with Gasteiger partial charge in [-0.3, -0.25) is 4.90 Å². The van der Waals surface area contributed by atoms with E-state index >= 15 is 0 Å². The number of ether oxygens (including phenoxy) is 3. The van der Waals surface area contributed by atoms with Crippen LogP contribution < -0.4 is 4.74 Å². The molecule has 0 aliphatic heterocycles. The fourth-order valence-corrected chi connectivity index (χ4v) is 2.28. The van der Waals surface area contributed by atoms with Gasteiger partial charge in [0.25, 0.3) is 0 Å². The highest BCUT2D eigenvalue weighted by Crippen LogP contribution is 2.22. The van der Waals surface area contributed by atoms with E-state index in [9.17, 15) is 5.11 Å². The Kier molecular flexibility index (Phi) is 8.30. The Hall–Kier alpha value is -1.14. The Morgan fingerprint density at radius 1 is 1.19 bits per heavy atom. The molecule has 5 heteroatoms. The molecule has 21 heavy (non-hydrogen) atoms. The third kappa shape index (κ3) is 5.63. The second-order valence-corrected chi connectivity index (χ2v) is 5.07. The van der Waals surface area contributed by atoms with Crippen molar-refractivity contribution in [1.29, 1.82) is 0 Å². The summed E-state index contributed by atoms with van der Waals surface area (Å²) in [6.07, 6.45) is 0. The summed E-state index contributed by atoms with van der Waals surface area (Å²) in [6.45, 7) is 5.02. The Bertz CT molecular complexity index is 411. The van der Waals surface area contributed by atoms with Crippen LogP contribution in [0.2, 0.25) is 0 Å². The zero-order valence-corrected chi connectivity index (χ0v) is 13.5. The van der Waals surface area contributed by atoms with Gasteiger partial charge in [0.15, 0.2) is 0 Å². The average molecular weight is 297 g/mol. The van der Waals surface area contributed by atoms with E-state index in [0.29, 0.717) is 13.2 Å². The molecular weight excluding hydrogens is 270 g/mol. The maximum atomic E-state index is 9.30. The van der Waals surface area contributed by atoms with Crippen LogP contribution in [0.3, 0.4) is 0 Å². The van der Waals surface area contributed by atoms with Crippen LogP contribution in [-0.4, -0.2) is 57.1 Å². The van der Waals surface area contributed by atoms with Gasteiger partial charge in [0.1, 0.15) is 5.75 Å². The summed E-state index contributed by atoms with van der Waals surface area (Å²) in [5.74, 6) is 0.833. The van der Waals surface area contributed by atoms with E-state index in [2.05, 4.69) is 11.8 Å². The summed E-state index contributed by atoms with van der Waals surface area (Å²) in [6, 6.07) is 6.03. The number of nitrogens with zero attached hydrogens (tertiary/aromatic N) is 1. The van der Waals surface area contributed by atoms with Crippen LogP contribution in [0, 0.1) is 0 Å². The molecule has 0 aliphatic carbocycles. The van der Waals surface area contributed by atoms with E-state index in [0.717, 1.165) is 30.0 Å². The maximum absolute atomic E-state index is 9.30. The first-order valence-corrected chi connectivity index (χ1v) is 7.14. The number of aliphatic hydroxyl groups excluding tert-OH is 1. The standard InChI is InChI=1S/C16H27NO4/c1-13(12-20-3)17(7-8-19-2)10-15-9-14(11-18)5-6-16(15)21-4/h5-6,9,13,18H,7-8,10-12H2,1-4H3. The smallest absolute Gasteiger partial charge is 0.123 e. The van der Waals surface area contributed by atoms with Gasteiger partial charge in [-0.05, 0) is 24.6 Å². The molecule has 1 aromatic rings. The minimum atomic E-state index is 0.0304. The number of benzene rings is 1. The van der Waals surface area contributed by atoms with E-state index in [1.807, 2.05) is 18.2 Å². The van der Waals surface area contributed by atoms with E-state index in [1.54, 1.807) is 21.3 Å². The molecule has 0 radical (unpaired) electrons. The summed E-state index contributed by atoms with van der Waals surface area (Å²) in [4.78, 5) is 2.28. The van der Waals surface area contributed by atoms with Gasteiger partial charge in [-0.15, -0.1) is 0 Å². The molecule has 1 aromatic carbocycles. The van der Waals surface area contributed by atoms with Crippen LogP contribution in [0.1, 0.15) is 18.1 Å². The monoisotopic (exact) mass is 297 g/mol. The van der Waals surface area contributed by atoms with Crippen molar-refractivity contribution < 1.29 is 19.3 Å². The van der Waals surface area contributed by atoms with Gasteiger partial charge >= 0.3 is 0 Å². The molecule has 0 saturated carbocycles. The summed E-state index contributed by atoms with van der Waals surface area (Å²) in [5.41, 5.74) is 1.94. The first-order valence-electron chi connectivity index (χ1n) is 7.14. The normalized spacial score (nSPS) is 12.7. The lowest BCUT2D eigenvalue weighted by molar-refractivity contribution is 0.0700. The van der Waals surface area contributed by atoms with Crippen LogP contribution in [0.25, 0.3) is 0 Å². The predicted octanol–water partition coefficient (Wildman–Crippen LogP) is 1.67. The maximum Gasteiger partial charge on any atom is 0.123 e. The molecule has 1 rings (SSSR count). The highest BCUT2D eigenvalue weighted by atomic mass is 16.5. The van der Waals surface area contributed by atoms with Crippen molar-refractivity contribution in [3.63, 3.8) is 0 Å². The van der Waals surface area contributed by atoms with Crippen molar-refractivity contribution in [2.45, 2.75) is 26.1 Å². The van der Waals surface area contributed by atoms with Gasteiger partial charge in [-0.25, -0.2) is 0 Å². The van der Waals surface area contributed by atoms with Gasteiger partial charge in [0, 0.05) is 38.9 Å². The minimum absolute atomic E-state index is 0.0304. The minimum Gasteiger partial charge on any atom is -0.496 e. The van der Waals surface area contributed by atoms with Crippen LogP contribution in [0.15, 0.2) is 18.2 Å². The van der Waals surface area contributed by atoms with Gasteiger partial charge in [0.05, 0.1) is 26.9 Å². The van der Waals surface area contributed by atoms with E-state index in [4.69, 9.17) is 14.2 Å². The first kappa shape index (κ1) is 17.9. The fraction of sp³-hybridized carbons (Fsp3) is 0.625. The van der Waals surface area contributed by atoms with Crippen molar-refractivity contribution >= 4 is 0 Å². The molecule has 0 bridgehead atoms. The largest absolute Gasteiger partial charge is 0.496 e. The summed E-state index contributed by atoms with van der Waals surface area (Å²) in [5, 5.41) is 9.30. The average Bonchev–Trinajstić information content (AvgIpc) is 2.51. The molecule has 1 unspecified atom stereocenters. The highest BCUT2D eigenvalue weighted by Gasteiger charge is 2.16. The van der Waals surface area contributed by atoms with Crippen LogP contribution in [0.5, 0.6) is 5.75 Å². The lowest BCUT2D eigenvalue weighted by Crippen LogP contribution is -2.38. The molecule has 0 spiro atoms. The quantitative estimate of drug-likeness (QED) is 0.712. The number of aliphatic hydroxyl groups is 1. The molecular formula is C16H27NO4. The predicted molar refractivity (Wildman–Crippen MR) is 82.5 cm³/mol. The van der Waals surface area contributed by atoms with Gasteiger partial charge < -0.3 is 19.3 Å². The summed E-state index contributed by atoms with van der Waals surface area (Å²) < 4.78 is 15.9. The van der Waals surface area contributed by atoms with Crippen LogP contribution in [0.4, 0.5) is 0 Å². The number of rotatable bonds is 10. The Morgan fingerprint density at radius 3 is 2.52 bits per heavy atom. The lowest BCUT2D eigenvalue weighted by Gasteiger charge is -2.29. The zero-order chi connectivity index (χ0) is 15.7. The van der Waals surface area contributed by atoms with Crippen molar-refractivity contribution in [3.05, 3.63) is 29.3 Å². The molecule has 0 aromatic heterocycles. The number of methoxy groups -OCH3 is 3. The van der Waals surface area contributed by atoms with Crippen LogP contribution >= 0.6 is 0 Å². The summed E-state index contributed by atoms with van der Waals surface area (Å²) in [7, 11) is 5.07. The topological polar surface area (TPSA) is 51.2 Å². The van der Waals surface area contributed by atoms with Crippen molar-refractivity contribution in [1.82, 2.24) is 4.90 Å². The van der Waals surface area contributed by atoms with E-state index in [-0.39, 0.29) is 12.6 Å². The van der Waals surface area contributed by atoms with E-state index < -0.39 is 0 Å². The molecule has 120 valence electrons. The molecule has 5 nitrogen and oxygen atoms in total. The Labute approximate surface area is 127 Å². The molecule has 1 N–H and O–H groups in total. The third-order valence-electron chi connectivity index (χ3n) is 3.51. The molecule has 0 amide bonds. The van der Waals surface area contributed by atoms with Crippen LogP contribution in [-0.2, 0) is 22.6 Å². The molecule has 0 fully saturated rings. The number of hydrogen-bond donors (Lipinski definition) is 1. The Balaban J connectivity index is 2.89. The molecule has 0 saturated heterocycles. The SMILES string of the molecule is COCCN(Cc1cc(CO)ccc1OC)C(C)COC. The zero-order valence-electron chi connectivity index (χ0n) is 13.5.